The van der Waals surface area contributed by atoms with Crippen LogP contribution in [0.4, 0.5) is 0 Å². The van der Waals surface area contributed by atoms with Gasteiger partial charge in [0.25, 0.3) is 0 Å². The van der Waals surface area contributed by atoms with Gasteiger partial charge in [0.1, 0.15) is 0 Å². The van der Waals surface area contributed by atoms with Crippen molar-refractivity contribution in [1.29, 1.82) is 0 Å². The third kappa shape index (κ3) is 2.58. The van der Waals surface area contributed by atoms with Gasteiger partial charge in [-0.05, 0) is 19.3 Å². The molecule has 0 aromatic carbocycles. The monoisotopic (exact) mass is 221 g/mol. The fraction of sp³-hybridized carbons (Fsp3) is 0.857. The summed E-state index contributed by atoms with van der Waals surface area (Å²) in [6.45, 7) is 1.76. The van der Waals surface area contributed by atoms with Crippen molar-refractivity contribution in [2.75, 3.05) is 0 Å². The van der Waals surface area contributed by atoms with E-state index in [-0.39, 0.29) is 11.1 Å². The smallest absolute Gasteiger partial charge is 0.215 e. The van der Waals surface area contributed by atoms with Crippen molar-refractivity contribution in [3.05, 3.63) is 0 Å². The fourth-order valence-electron chi connectivity index (χ4n) is 1.10. The molecule has 1 fully saturated rings. The molecule has 82 valence electrons. The highest BCUT2D eigenvalue weighted by atomic mass is 32.2. The molecule has 1 aliphatic carbocycles. The molecule has 1 rings (SSSR count). The summed E-state index contributed by atoms with van der Waals surface area (Å²) in [5.41, 5.74) is 5.33. The highest BCUT2D eigenvalue weighted by molar-refractivity contribution is 7.90. The zero-order valence-electron chi connectivity index (χ0n) is 7.97. The van der Waals surface area contributed by atoms with Gasteiger partial charge in [-0.25, -0.2) is 13.1 Å². The number of oxime groups is 1. The molecule has 1 unspecified atom stereocenters. The van der Waals surface area contributed by atoms with Crippen molar-refractivity contribution in [2.45, 2.75) is 37.5 Å². The predicted molar refractivity (Wildman–Crippen MR) is 52.6 cm³/mol. The minimum atomic E-state index is -3.28. The average Bonchev–Trinajstić information content (AvgIpc) is 2.96. The van der Waals surface area contributed by atoms with Gasteiger partial charge in [-0.15, -0.1) is 0 Å². The van der Waals surface area contributed by atoms with Crippen LogP contribution in [-0.2, 0) is 10.0 Å². The molecule has 6 nitrogen and oxygen atoms in total. The third-order valence-electron chi connectivity index (χ3n) is 2.15. The van der Waals surface area contributed by atoms with E-state index in [1.165, 1.54) is 0 Å². The van der Waals surface area contributed by atoms with Gasteiger partial charge in [0.2, 0.25) is 10.0 Å². The lowest BCUT2D eigenvalue weighted by atomic mass is 10.2. The Bertz CT molecular complexity index is 321. The maximum Gasteiger partial charge on any atom is 0.215 e. The zero-order valence-corrected chi connectivity index (χ0v) is 8.79. The Balaban J connectivity index is 2.64. The zero-order chi connectivity index (χ0) is 10.8. The topological polar surface area (TPSA) is 105 Å². The van der Waals surface area contributed by atoms with Crippen molar-refractivity contribution in [3.8, 4) is 0 Å². The Labute approximate surface area is 83.2 Å². The number of hydrogen-bond donors (Lipinski definition) is 3. The summed E-state index contributed by atoms with van der Waals surface area (Å²) >= 11 is 0. The lowest BCUT2D eigenvalue weighted by molar-refractivity contribution is 0.315. The number of nitrogens with two attached hydrogens (primary N) is 1. The summed E-state index contributed by atoms with van der Waals surface area (Å²) in [4.78, 5) is 0. The summed E-state index contributed by atoms with van der Waals surface area (Å²) in [7, 11) is -3.28. The average molecular weight is 221 g/mol. The molecule has 14 heavy (non-hydrogen) atoms. The molecule has 1 aliphatic rings. The van der Waals surface area contributed by atoms with Crippen LogP contribution in [0.15, 0.2) is 5.16 Å². The summed E-state index contributed by atoms with van der Waals surface area (Å²) in [6.07, 6.45) is 1.85. The molecule has 0 aliphatic heterocycles. The molecule has 0 amide bonds. The van der Waals surface area contributed by atoms with E-state index in [1.54, 1.807) is 6.92 Å². The van der Waals surface area contributed by atoms with Gasteiger partial charge in [-0.3, -0.25) is 0 Å². The van der Waals surface area contributed by atoms with Gasteiger partial charge >= 0.3 is 0 Å². The first-order chi connectivity index (χ1) is 6.51. The lowest BCUT2D eigenvalue weighted by Crippen LogP contribution is -2.45. The maximum absolute atomic E-state index is 11.5. The van der Waals surface area contributed by atoms with Crippen molar-refractivity contribution in [3.63, 3.8) is 0 Å². The minimum Gasteiger partial charge on any atom is -0.409 e. The molecule has 0 saturated heterocycles. The van der Waals surface area contributed by atoms with E-state index in [0.717, 1.165) is 0 Å². The third-order valence-corrected chi connectivity index (χ3v) is 4.11. The summed E-state index contributed by atoms with van der Waals surface area (Å²) in [5, 5.41) is 10.9. The standard InChI is InChI=1S/C7H15N3O3S/c1-2-6(7(8)9-11)10-14(12,13)5-3-4-5/h5-6,10-11H,2-4H2,1H3,(H2,8,9). The fourth-order valence-corrected chi connectivity index (χ4v) is 2.73. The molecule has 0 bridgehead atoms. The Morgan fingerprint density at radius 3 is 2.64 bits per heavy atom. The predicted octanol–water partition coefficient (Wildman–Crippen LogP) is -0.407. The van der Waals surface area contributed by atoms with Gasteiger partial charge in [0, 0.05) is 0 Å². The summed E-state index contributed by atoms with van der Waals surface area (Å²) in [5.74, 6) is -0.100. The highest BCUT2D eigenvalue weighted by Gasteiger charge is 2.37. The second kappa shape index (κ2) is 4.14. The number of amidine groups is 1. The van der Waals surface area contributed by atoms with Crippen molar-refractivity contribution >= 4 is 15.9 Å². The molecule has 4 N–H and O–H groups in total. The first-order valence-corrected chi connectivity index (χ1v) is 6.04. The van der Waals surface area contributed by atoms with Gasteiger partial charge in [0.15, 0.2) is 5.84 Å². The minimum absolute atomic E-state index is 0.100. The van der Waals surface area contributed by atoms with Gasteiger partial charge in [-0.2, -0.15) is 0 Å². The van der Waals surface area contributed by atoms with Crippen LogP contribution in [0, 0.1) is 0 Å². The first-order valence-electron chi connectivity index (χ1n) is 4.49. The van der Waals surface area contributed by atoms with E-state index in [2.05, 4.69) is 9.88 Å². The Hall–Kier alpha value is -0.820. The number of hydrogen-bond acceptors (Lipinski definition) is 4. The largest absolute Gasteiger partial charge is 0.409 e. The highest BCUT2D eigenvalue weighted by Crippen LogP contribution is 2.27. The Morgan fingerprint density at radius 1 is 1.71 bits per heavy atom. The summed E-state index contributed by atoms with van der Waals surface area (Å²) in [6, 6.07) is -0.606. The van der Waals surface area contributed by atoms with E-state index in [9.17, 15) is 8.42 Å². The van der Waals surface area contributed by atoms with Gasteiger partial charge in [-0.1, -0.05) is 12.1 Å². The van der Waals surface area contributed by atoms with E-state index >= 15 is 0 Å². The first kappa shape index (κ1) is 11.3. The Morgan fingerprint density at radius 2 is 2.29 bits per heavy atom. The van der Waals surface area contributed by atoms with Crippen LogP contribution in [0.1, 0.15) is 26.2 Å². The van der Waals surface area contributed by atoms with Crippen LogP contribution in [0.2, 0.25) is 0 Å². The van der Waals surface area contributed by atoms with Crippen molar-refractivity contribution in [1.82, 2.24) is 4.72 Å². The van der Waals surface area contributed by atoms with E-state index in [4.69, 9.17) is 10.9 Å². The van der Waals surface area contributed by atoms with Gasteiger partial charge < -0.3 is 10.9 Å². The van der Waals surface area contributed by atoms with Crippen LogP contribution in [-0.4, -0.2) is 30.8 Å². The molecule has 0 aromatic heterocycles. The second-order valence-electron chi connectivity index (χ2n) is 3.35. The maximum atomic E-state index is 11.5. The van der Waals surface area contributed by atoms with Crippen LogP contribution in [0.3, 0.4) is 0 Å². The Kier molecular flexibility index (Phi) is 3.33. The quantitative estimate of drug-likeness (QED) is 0.254. The number of rotatable bonds is 5. The van der Waals surface area contributed by atoms with E-state index in [1.807, 2.05) is 0 Å². The number of nitrogens with one attached hydrogen (secondary N) is 1. The molecule has 7 heteroatoms. The molecule has 0 radical (unpaired) electrons. The van der Waals surface area contributed by atoms with Crippen molar-refractivity contribution < 1.29 is 13.6 Å². The number of nitrogens with zero attached hydrogens (tertiary/aromatic N) is 1. The number of sulfonamides is 1. The van der Waals surface area contributed by atoms with Crippen LogP contribution >= 0.6 is 0 Å². The normalized spacial score (nSPS) is 20.8. The lowest BCUT2D eigenvalue weighted by Gasteiger charge is -2.14. The van der Waals surface area contributed by atoms with Crippen LogP contribution < -0.4 is 10.5 Å². The van der Waals surface area contributed by atoms with E-state index in [0.29, 0.717) is 19.3 Å². The van der Waals surface area contributed by atoms with Crippen molar-refractivity contribution in [2.24, 2.45) is 10.9 Å². The molecular formula is C7H15N3O3S. The summed E-state index contributed by atoms with van der Waals surface area (Å²) < 4.78 is 25.4. The van der Waals surface area contributed by atoms with E-state index < -0.39 is 16.1 Å². The van der Waals surface area contributed by atoms with Gasteiger partial charge in [0.05, 0.1) is 11.3 Å². The molecule has 0 aromatic rings. The molecular weight excluding hydrogens is 206 g/mol. The second-order valence-corrected chi connectivity index (χ2v) is 5.34. The van der Waals surface area contributed by atoms with Crippen LogP contribution in [0.25, 0.3) is 0 Å². The van der Waals surface area contributed by atoms with Crippen LogP contribution in [0.5, 0.6) is 0 Å². The molecule has 1 atom stereocenters. The molecule has 0 heterocycles. The molecule has 1 saturated carbocycles. The molecule has 0 spiro atoms. The SMILES string of the molecule is CCC(NS(=O)(=O)C1CC1)C(N)=NO.